The van der Waals surface area contributed by atoms with Gasteiger partial charge in [0.05, 0.1) is 5.75 Å². The minimum atomic E-state index is 0.0940. The number of aryl methyl sites for hydroxylation is 1. The molecule has 166 valence electrons. The van der Waals surface area contributed by atoms with Crippen molar-refractivity contribution in [2.45, 2.75) is 50.7 Å². The van der Waals surface area contributed by atoms with Gasteiger partial charge in [-0.1, -0.05) is 56.3 Å². The molecule has 0 fully saturated rings. The lowest BCUT2D eigenvalue weighted by molar-refractivity contribution is 0.250. The fourth-order valence-electron chi connectivity index (χ4n) is 2.93. The van der Waals surface area contributed by atoms with Gasteiger partial charge in [0.15, 0.2) is 6.61 Å². The van der Waals surface area contributed by atoms with Crippen LogP contribution < -0.4 is 4.74 Å². The second-order valence-corrected chi connectivity index (χ2v) is 9.64. The van der Waals surface area contributed by atoms with E-state index in [0.717, 1.165) is 16.9 Å². The standard InChI is InChI=1S/C23H23ClN4O3S/c1-14-11-17(24)9-10-18(14)29-12-19-25-28-22(31-19)32-13-20-26-27-21(30-20)15-5-7-16(8-6-15)23(2,3)4/h5-11H,12-13H2,1-4H3. The highest BCUT2D eigenvalue weighted by Gasteiger charge is 2.16. The van der Waals surface area contributed by atoms with Crippen molar-refractivity contribution >= 4 is 23.4 Å². The first-order valence-corrected chi connectivity index (χ1v) is 11.4. The Morgan fingerprint density at radius 1 is 0.938 bits per heavy atom. The number of aromatic nitrogens is 4. The van der Waals surface area contributed by atoms with Crippen molar-refractivity contribution in [2.24, 2.45) is 0 Å². The van der Waals surface area contributed by atoms with E-state index in [1.165, 1.54) is 17.3 Å². The molecule has 9 heteroatoms. The smallest absolute Gasteiger partial charge is 0.277 e. The summed E-state index contributed by atoms with van der Waals surface area (Å²) in [5, 5.41) is 17.4. The number of benzene rings is 2. The molecule has 2 heterocycles. The summed E-state index contributed by atoms with van der Waals surface area (Å²) in [7, 11) is 0. The molecule has 0 spiro atoms. The maximum atomic E-state index is 5.97. The third-order valence-electron chi connectivity index (χ3n) is 4.72. The molecular weight excluding hydrogens is 448 g/mol. The summed E-state index contributed by atoms with van der Waals surface area (Å²) in [6.45, 7) is 8.63. The maximum Gasteiger partial charge on any atom is 0.277 e. The number of halogens is 1. The molecular formula is C23H23ClN4O3S. The average Bonchev–Trinajstić information content (AvgIpc) is 3.41. The van der Waals surface area contributed by atoms with Crippen molar-refractivity contribution in [1.29, 1.82) is 0 Å². The summed E-state index contributed by atoms with van der Waals surface area (Å²) in [5.74, 6) is 2.49. The van der Waals surface area contributed by atoms with Crippen molar-refractivity contribution in [3.8, 4) is 17.2 Å². The van der Waals surface area contributed by atoms with Gasteiger partial charge < -0.3 is 13.6 Å². The second kappa shape index (κ2) is 9.34. The van der Waals surface area contributed by atoms with Gasteiger partial charge in [0.1, 0.15) is 5.75 Å². The number of ether oxygens (including phenoxy) is 1. The Labute approximate surface area is 195 Å². The van der Waals surface area contributed by atoms with E-state index in [1.807, 2.05) is 31.2 Å². The molecule has 0 bridgehead atoms. The molecule has 0 aliphatic heterocycles. The van der Waals surface area contributed by atoms with Gasteiger partial charge in [0.2, 0.25) is 11.8 Å². The summed E-state index contributed by atoms with van der Waals surface area (Å²) < 4.78 is 17.1. The molecule has 0 amide bonds. The Balaban J connectivity index is 1.32. The van der Waals surface area contributed by atoms with E-state index in [9.17, 15) is 0 Å². The van der Waals surface area contributed by atoms with Gasteiger partial charge in [-0.3, -0.25) is 0 Å². The van der Waals surface area contributed by atoms with Crippen molar-refractivity contribution in [3.05, 3.63) is 70.4 Å². The quantitative estimate of drug-likeness (QED) is 0.293. The molecule has 0 N–H and O–H groups in total. The van der Waals surface area contributed by atoms with E-state index >= 15 is 0 Å². The fourth-order valence-corrected chi connectivity index (χ4v) is 3.78. The molecule has 0 aliphatic carbocycles. The molecule has 0 radical (unpaired) electrons. The van der Waals surface area contributed by atoms with Crippen LogP contribution in [-0.2, 0) is 17.8 Å². The van der Waals surface area contributed by atoms with Crippen LogP contribution in [0.1, 0.15) is 43.7 Å². The van der Waals surface area contributed by atoms with E-state index in [-0.39, 0.29) is 12.0 Å². The molecule has 0 atom stereocenters. The van der Waals surface area contributed by atoms with E-state index in [1.54, 1.807) is 6.07 Å². The Kier molecular flexibility index (Phi) is 6.53. The van der Waals surface area contributed by atoms with Crippen LogP contribution in [0.4, 0.5) is 0 Å². The number of nitrogens with zero attached hydrogens (tertiary/aromatic N) is 4. The second-order valence-electron chi connectivity index (χ2n) is 8.28. The highest BCUT2D eigenvalue weighted by atomic mass is 35.5. The summed E-state index contributed by atoms with van der Waals surface area (Å²) in [6.07, 6.45) is 0. The molecule has 0 unspecified atom stereocenters. The van der Waals surface area contributed by atoms with Gasteiger partial charge >= 0.3 is 0 Å². The minimum absolute atomic E-state index is 0.0940. The summed E-state index contributed by atoms with van der Waals surface area (Å²) in [6, 6.07) is 13.6. The molecule has 2 aromatic carbocycles. The van der Waals surface area contributed by atoms with Gasteiger partial charge in [-0.2, -0.15) is 0 Å². The monoisotopic (exact) mass is 470 g/mol. The van der Waals surface area contributed by atoms with Crippen LogP contribution >= 0.6 is 23.4 Å². The summed E-state index contributed by atoms with van der Waals surface area (Å²) in [4.78, 5) is 0. The van der Waals surface area contributed by atoms with Gasteiger partial charge in [0, 0.05) is 10.6 Å². The first kappa shape index (κ1) is 22.4. The fraction of sp³-hybridized carbons (Fsp3) is 0.304. The molecule has 4 rings (SSSR count). The molecule has 0 aliphatic rings. The van der Waals surface area contributed by atoms with Gasteiger partial charge in [-0.15, -0.1) is 20.4 Å². The molecule has 4 aromatic rings. The zero-order chi connectivity index (χ0) is 22.7. The van der Waals surface area contributed by atoms with Crippen LogP contribution in [0.2, 0.25) is 5.02 Å². The molecule has 7 nitrogen and oxygen atoms in total. The Hall–Kier alpha value is -2.84. The number of rotatable bonds is 7. The maximum absolute atomic E-state index is 5.97. The molecule has 0 saturated carbocycles. The summed E-state index contributed by atoms with van der Waals surface area (Å²) >= 11 is 7.29. The largest absolute Gasteiger partial charge is 0.484 e. The highest BCUT2D eigenvalue weighted by molar-refractivity contribution is 7.98. The van der Waals surface area contributed by atoms with Gasteiger partial charge in [0.25, 0.3) is 11.1 Å². The average molecular weight is 471 g/mol. The SMILES string of the molecule is Cc1cc(Cl)ccc1OCc1nnc(SCc2nnc(-c3ccc(C(C)(C)C)cc3)o2)o1. The molecule has 2 aromatic heterocycles. The van der Waals surface area contributed by atoms with E-state index < -0.39 is 0 Å². The van der Waals surface area contributed by atoms with Crippen molar-refractivity contribution < 1.29 is 13.6 Å². The Morgan fingerprint density at radius 2 is 1.69 bits per heavy atom. The molecule has 0 saturated heterocycles. The first-order chi connectivity index (χ1) is 15.3. The molecule has 32 heavy (non-hydrogen) atoms. The van der Waals surface area contributed by atoms with Crippen LogP contribution in [0.15, 0.2) is 56.5 Å². The third-order valence-corrected chi connectivity index (χ3v) is 5.76. The van der Waals surface area contributed by atoms with Crippen LogP contribution in [0.5, 0.6) is 5.75 Å². The zero-order valence-corrected chi connectivity index (χ0v) is 19.8. The topological polar surface area (TPSA) is 87.1 Å². The lowest BCUT2D eigenvalue weighted by Crippen LogP contribution is -2.10. The number of hydrogen-bond donors (Lipinski definition) is 0. The van der Waals surface area contributed by atoms with Crippen LogP contribution in [0, 0.1) is 6.92 Å². The Bertz CT molecular complexity index is 1200. The predicted octanol–water partition coefficient (Wildman–Crippen LogP) is 6.25. The lowest BCUT2D eigenvalue weighted by atomic mass is 9.87. The van der Waals surface area contributed by atoms with E-state index in [0.29, 0.717) is 33.7 Å². The number of hydrogen-bond acceptors (Lipinski definition) is 8. The minimum Gasteiger partial charge on any atom is -0.484 e. The normalized spacial score (nSPS) is 11.7. The van der Waals surface area contributed by atoms with Crippen molar-refractivity contribution in [1.82, 2.24) is 20.4 Å². The predicted molar refractivity (Wildman–Crippen MR) is 123 cm³/mol. The Morgan fingerprint density at radius 3 is 2.41 bits per heavy atom. The van der Waals surface area contributed by atoms with Gasteiger partial charge in [-0.05, 0) is 53.8 Å². The van der Waals surface area contributed by atoms with Crippen LogP contribution in [-0.4, -0.2) is 20.4 Å². The van der Waals surface area contributed by atoms with Crippen molar-refractivity contribution in [2.75, 3.05) is 0 Å². The zero-order valence-electron chi connectivity index (χ0n) is 18.3. The van der Waals surface area contributed by atoms with Crippen LogP contribution in [0.3, 0.4) is 0 Å². The van der Waals surface area contributed by atoms with Gasteiger partial charge in [-0.25, -0.2) is 0 Å². The number of thioether (sulfide) groups is 1. The first-order valence-electron chi connectivity index (χ1n) is 10.1. The van der Waals surface area contributed by atoms with E-state index in [2.05, 4.69) is 53.3 Å². The summed E-state index contributed by atoms with van der Waals surface area (Å²) in [5.41, 5.74) is 3.17. The van der Waals surface area contributed by atoms with E-state index in [4.69, 9.17) is 25.2 Å². The lowest BCUT2D eigenvalue weighted by Gasteiger charge is -2.18. The van der Waals surface area contributed by atoms with Crippen molar-refractivity contribution in [3.63, 3.8) is 0 Å². The highest BCUT2D eigenvalue weighted by Crippen LogP contribution is 2.27. The van der Waals surface area contributed by atoms with Crippen LogP contribution in [0.25, 0.3) is 11.5 Å². The third kappa shape index (κ3) is 5.49.